The van der Waals surface area contributed by atoms with Crippen LogP contribution in [0.4, 0.5) is 17.1 Å². The standard InChI is InChI=1S/C14H12ClN3/c15-11-3-6-13(17)14(9-11)18-12-4-1-10(2-5-12)7-8-16/h1-6,9,18H,7,17H2. The van der Waals surface area contributed by atoms with Crippen molar-refractivity contribution in [1.82, 2.24) is 0 Å². The lowest BCUT2D eigenvalue weighted by Gasteiger charge is -2.10. The topological polar surface area (TPSA) is 61.8 Å². The first-order valence-electron chi connectivity index (χ1n) is 5.47. The number of hydrogen-bond donors (Lipinski definition) is 2. The summed E-state index contributed by atoms with van der Waals surface area (Å²) >= 11 is 5.92. The highest BCUT2D eigenvalue weighted by molar-refractivity contribution is 6.31. The summed E-state index contributed by atoms with van der Waals surface area (Å²) < 4.78 is 0. The smallest absolute Gasteiger partial charge is 0.0669 e. The molecule has 0 atom stereocenters. The molecule has 0 heterocycles. The van der Waals surface area contributed by atoms with Crippen LogP contribution in [-0.2, 0) is 6.42 Å². The van der Waals surface area contributed by atoms with Gasteiger partial charge >= 0.3 is 0 Å². The van der Waals surface area contributed by atoms with E-state index in [1.165, 1.54) is 0 Å². The van der Waals surface area contributed by atoms with Gasteiger partial charge in [0.2, 0.25) is 0 Å². The second-order valence-electron chi connectivity index (χ2n) is 3.89. The first kappa shape index (κ1) is 12.3. The fourth-order valence-corrected chi connectivity index (χ4v) is 1.76. The second kappa shape index (κ2) is 5.44. The van der Waals surface area contributed by atoms with E-state index in [9.17, 15) is 0 Å². The van der Waals surface area contributed by atoms with Crippen molar-refractivity contribution >= 4 is 28.7 Å². The van der Waals surface area contributed by atoms with Crippen LogP contribution in [0.1, 0.15) is 5.56 Å². The largest absolute Gasteiger partial charge is 0.397 e. The number of nitriles is 1. The average molecular weight is 258 g/mol. The minimum absolute atomic E-state index is 0.416. The number of benzene rings is 2. The molecule has 2 aromatic carbocycles. The molecule has 0 radical (unpaired) electrons. The molecular weight excluding hydrogens is 246 g/mol. The van der Waals surface area contributed by atoms with Crippen molar-refractivity contribution < 1.29 is 0 Å². The molecule has 0 aliphatic heterocycles. The normalized spacial score (nSPS) is 9.78. The Morgan fingerprint density at radius 2 is 1.89 bits per heavy atom. The molecular formula is C14H12ClN3. The molecule has 0 amide bonds. The van der Waals surface area contributed by atoms with Gasteiger partial charge in [-0.2, -0.15) is 5.26 Å². The van der Waals surface area contributed by atoms with Crippen LogP contribution in [0.5, 0.6) is 0 Å². The molecule has 18 heavy (non-hydrogen) atoms. The summed E-state index contributed by atoms with van der Waals surface area (Å²) in [6.45, 7) is 0. The molecule has 2 rings (SSSR count). The molecule has 0 spiro atoms. The van der Waals surface area contributed by atoms with Crippen molar-refractivity contribution in [3.05, 3.63) is 53.1 Å². The number of hydrogen-bond acceptors (Lipinski definition) is 3. The third-order valence-corrected chi connectivity index (χ3v) is 2.77. The third-order valence-electron chi connectivity index (χ3n) is 2.53. The van der Waals surface area contributed by atoms with Crippen molar-refractivity contribution in [1.29, 1.82) is 5.26 Å². The Kier molecular flexibility index (Phi) is 3.71. The summed E-state index contributed by atoms with van der Waals surface area (Å²) in [4.78, 5) is 0. The van der Waals surface area contributed by atoms with E-state index in [1.807, 2.05) is 24.3 Å². The monoisotopic (exact) mass is 257 g/mol. The maximum Gasteiger partial charge on any atom is 0.0669 e. The van der Waals surface area contributed by atoms with Crippen LogP contribution in [0.2, 0.25) is 5.02 Å². The Morgan fingerprint density at radius 3 is 2.56 bits per heavy atom. The highest BCUT2D eigenvalue weighted by Gasteiger charge is 2.01. The van der Waals surface area contributed by atoms with E-state index in [-0.39, 0.29) is 0 Å². The van der Waals surface area contributed by atoms with Gasteiger partial charge in [-0.25, -0.2) is 0 Å². The van der Waals surface area contributed by atoms with Crippen molar-refractivity contribution in [2.45, 2.75) is 6.42 Å². The van der Waals surface area contributed by atoms with Crippen molar-refractivity contribution in [3.8, 4) is 6.07 Å². The first-order chi connectivity index (χ1) is 8.69. The van der Waals surface area contributed by atoms with Gasteiger partial charge in [-0.3, -0.25) is 0 Å². The quantitative estimate of drug-likeness (QED) is 0.824. The summed E-state index contributed by atoms with van der Waals surface area (Å²) in [5, 5.41) is 12.4. The van der Waals surface area contributed by atoms with E-state index in [2.05, 4.69) is 11.4 Å². The van der Waals surface area contributed by atoms with Gasteiger partial charge in [0, 0.05) is 10.7 Å². The number of anilines is 3. The predicted molar refractivity (Wildman–Crippen MR) is 74.9 cm³/mol. The van der Waals surface area contributed by atoms with Crippen LogP contribution in [0, 0.1) is 11.3 Å². The summed E-state index contributed by atoms with van der Waals surface area (Å²) in [6, 6.07) is 15.0. The minimum atomic E-state index is 0.416. The molecule has 3 nitrogen and oxygen atoms in total. The molecule has 0 saturated carbocycles. The molecule has 4 heteroatoms. The Balaban J connectivity index is 2.18. The van der Waals surface area contributed by atoms with E-state index < -0.39 is 0 Å². The molecule has 0 aliphatic rings. The van der Waals surface area contributed by atoms with E-state index in [0.29, 0.717) is 17.1 Å². The minimum Gasteiger partial charge on any atom is -0.397 e. The summed E-state index contributed by atoms with van der Waals surface area (Å²) in [6.07, 6.45) is 0.416. The fraction of sp³-hybridized carbons (Fsp3) is 0.0714. The number of nitrogen functional groups attached to an aromatic ring is 1. The number of rotatable bonds is 3. The zero-order chi connectivity index (χ0) is 13.0. The molecule has 0 aromatic heterocycles. The molecule has 0 bridgehead atoms. The number of nitrogens with zero attached hydrogens (tertiary/aromatic N) is 1. The van der Waals surface area contributed by atoms with Gasteiger partial charge in [0.25, 0.3) is 0 Å². The first-order valence-corrected chi connectivity index (χ1v) is 5.85. The molecule has 0 fully saturated rings. The average Bonchev–Trinajstić information content (AvgIpc) is 2.37. The number of nitrogens with one attached hydrogen (secondary N) is 1. The van der Waals surface area contributed by atoms with E-state index in [4.69, 9.17) is 22.6 Å². The Morgan fingerprint density at radius 1 is 1.17 bits per heavy atom. The lowest BCUT2D eigenvalue weighted by atomic mass is 10.1. The van der Waals surface area contributed by atoms with Gasteiger partial charge in [0.05, 0.1) is 23.9 Å². The maximum absolute atomic E-state index is 8.59. The van der Waals surface area contributed by atoms with Gasteiger partial charge < -0.3 is 11.1 Å². The summed E-state index contributed by atoms with van der Waals surface area (Å²) in [7, 11) is 0. The Labute approximate surface area is 111 Å². The molecule has 0 unspecified atom stereocenters. The van der Waals surface area contributed by atoms with E-state index >= 15 is 0 Å². The van der Waals surface area contributed by atoms with Crippen LogP contribution in [-0.4, -0.2) is 0 Å². The van der Waals surface area contributed by atoms with Crippen molar-refractivity contribution in [3.63, 3.8) is 0 Å². The number of nitrogens with two attached hydrogens (primary N) is 1. The van der Waals surface area contributed by atoms with E-state index in [0.717, 1.165) is 16.9 Å². The zero-order valence-corrected chi connectivity index (χ0v) is 10.4. The Bertz CT molecular complexity index is 585. The van der Waals surface area contributed by atoms with Gasteiger partial charge in [0.15, 0.2) is 0 Å². The second-order valence-corrected chi connectivity index (χ2v) is 4.32. The SMILES string of the molecule is N#CCc1ccc(Nc2cc(Cl)ccc2N)cc1. The van der Waals surface area contributed by atoms with Crippen LogP contribution >= 0.6 is 11.6 Å². The maximum atomic E-state index is 8.59. The highest BCUT2D eigenvalue weighted by Crippen LogP contribution is 2.26. The highest BCUT2D eigenvalue weighted by atomic mass is 35.5. The Hall–Kier alpha value is -2.18. The van der Waals surface area contributed by atoms with Gasteiger partial charge in [-0.05, 0) is 35.9 Å². The van der Waals surface area contributed by atoms with Gasteiger partial charge in [0.1, 0.15) is 0 Å². The van der Waals surface area contributed by atoms with Gasteiger partial charge in [-0.15, -0.1) is 0 Å². The lowest BCUT2D eigenvalue weighted by Crippen LogP contribution is -1.96. The number of halogens is 1. The third kappa shape index (κ3) is 2.93. The summed E-state index contributed by atoms with van der Waals surface area (Å²) in [5.74, 6) is 0. The summed E-state index contributed by atoms with van der Waals surface area (Å²) in [5.41, 5.74) is 9.16. The fourth-order valence-electron chi connectivity index (χ4n) is 1.59. The molecule has 0 aliphatic carbocycles. The predicted octanol–water partition coefficient (Wildman–Crippen LogP) is 3.73. The van der Waals surface area contributed by atoms with Crippen molar-refractivity contribution in [2.24, 2.45) is 0 Å². The van der Waals surface area contributed by atoms with Gasteiger partial charge in [-0.1, -0.05) is 23.7 Å². The molecule has 3 N–H and O–H groups in total. The zero-order valence-electron chi connectivity index (χ0n) is 9.65. The molecule has 90 valence electrons. The lowest BCUT2D eigenvalue weighted by molar-refractivity contribution is 1.26. The van der Waals surface area contributed by atoms with Crippen LogP contribution < -0.4 is 11.1 Å². The van der Waals surface area contributed by atoms with Crippen LogP contribution in [0.15, 0.2) is 42.5 Å². The van der Waals surface area contributed by atoms with Crippen LogP contribution in [0.25, 0.3) is 0 Å². The molecule has 0 saturated heterocycles. The van der Waals surface area contributed by atoms with Crippen molar-refractivity contribution in [2.75, 3.05) is 11.1 Å². The van der Waals surface area contributed by atoms with E-state index in [1.54, 1.807) is 18.2 Å². The molecule has 2 aromatic rings. The van der Waals surface area contributed by atoms with Crippen LogP contribution in [0.3, 0.4) is 0 Å².